The Labute approximate surface area is 243 Å². The second kappa shape index (κ2) is 9.43. The molecule has 0 saturated heterocycles. The number of rotatable bonds is 4. The molecule has 2 atom stereocenters. The molecule has 4 aromatic carbocycles. The van der Waals surface area contributed by atoms with Gasteiger partial charge in [-0.15, -0.1) is 0 Å². The van der Waals surface area contributed by atoms with Crippen molar-refractivity contribution in [1.29, 1.82) is 0 Å². The number of hydrogen-bond acceptors (Lipinski definition) is 4. The van der Waals surface area contributed by atoms with E-state index in [4.69, 9.17) is 9.47 Å². The molecule has 0 N–H and O–H groups in total. The monoisotopic (exact) mass is 555 g/mol. The highest BCUT2D eigenvalue weighted by molar-refractivity contribution is 8.00. The lowest BCUT2D eigenvalue weighted by Gasteiger charge is -2.28. The third kappa shape index (κ3) is 3.49. The lowest BCUT2D eigenvalue weighted by atomic mass is 9.36. The van der Waals surface area contributed by atoms with E-state index >= 15 is 0 Å². The van der Waals surface area contributed by atoms with Crippen molar-refractivity contribution in [3.63, 3.8) is 0 Å². The van der Waals surface area contributed by atoms with E-state index in [1.54, 1.807) is 14.2 Å². The molecule has 0 spiro atoms. The first-order valence-electron chi connectivity index (χ1n) is 13.5. The molecule has 3 heterocycles. The average Bonchev–Trinajstić information content (AvgIpc) is 3.54. The van der Waals surface area contributed by atoms with Gasteiger partial charge in [-0.1, -0.05) is 107 Å². The molecular formula is C34H26BNO2S2. The lowest BCUT2D eigenvalue weighted by molar-refractivity contribution is 0.400. The molecule has 8 rings (SSSR count). The van der Waals surface area contributed by atoms with Gasteiger partial charge in [-0.2, -0.15) is 0 Å². The van der Waals surface area contributed by atoms with Crippen molar-refractivity contribution in [2.45, 2.75) is 26.0 Å². The molecule has 1 aliphatic carbocycles. The zero-order valence-electron chi connectivity index (χ0n) is 22.2. The van der Waals surface area contributed by atoms with Crippen LogP contribution in [0.2, 0.25) is 0 Å². The number of methoxy groups -OCH3 is 2. The van der Waals surface area contributed by atoms with Gasteiger partial charge in [-0.25, -0.2) is 0 Å². The SMILES string of the molecule is COc1cccc(OC)c1B1c2ccccc2Sc2cc(-n3c4c(c5ccccc53)C3C=CC=CC3S4)ccc21. The van der Waals surface area contributed by atoms with Gasteiger partial charge in [0, 0.05) is 43.1 Å². The van der Waals surface area contributed by atoms with Gasteiger partial charge in [0.15, 0.2) is 0 Å². The molecule has 0 amide bonds. The van der Waals surface area contributed by atoms with Crippen molar-refractivity contribution in [2.24, 2.45) is 0 Å². The molecule has 2 aliphatic heterocycles. The molecule has 1 aromatic heterocycles. The second-order valence-corrected chi connectivity index (χ2v) is 12.6. The minimum Gasteiger partial charge on any atom is -0.497 e. The minimum absolute atomic E-state index is 0.00670. The van der Waals surface area contributed by atoms with Crippen LogP contribution in [-0.4, -0.2) is 30.7 Å². The maximum Gasteiger partial charge on any atom is 0.253 e. The zero-order valence-corrected chi connectivity index (χ0v) is 23.8. The first-order valence-corrected chi connectivity index (χ1v) is 15.2. The largest absolute Gasteiger partial charge is 0.497 e. The van der Waals surface area contributed by atoms with Crippen molar-refractivity contribution in [3.05, 3.63) is 115 Å². The Morgan fingerprint density at radius 2 is 1.50 bits per heavy atom. The Morgan fingerprint density at radius 1 is 0.750 bits per heavy atom. The first kappa shape index (κ1) is 24.1. The molecule has 3 aliphatic rings. The Hall–Kier alpha value is -3.74. The predicted molar refractivity (Wildman–Crippen MR) is 169 cm³/mol. The maximum absolute atomic E-state index is 5.89. The van der Waals surface area contributed by atoms with E-state index in [9.17, 15) is 0 Å². The summed E-state index contributed by atoms with van der Waals surface area (Å²) in [4.78, 5) is 2.53. The number of benzene rings is 4. The first-order chi connectivity index (χ1) is 19.8. The normalized spacial score (nSPS) is 18.3. The summed E-state index contributed by atoms with van der Waals surface area (Å²) in [5, 5.41) is 3.16. The summed E-state index contributed by atoms with van der Waals surface area (Å²) in [6, 6.07) is 30.6. The van der Waals surface area contributed by atoms with E-state index in [0.717, 1.165) is 17.0 Å². The molecule has 6 heteroatoms. The van der Waals surface area contributed by atoms with Crippen LogP contribution < -0.4 is 25.9 Å². The van der Waals surface area contributed by atoms with Gasteiger partial charge in [-0.05, 0) is 36.4 Å². The number of thioether (sulfide) groups is 1. The summed E-state index contributed by atoms with van der Waals surface area (Å²) in [5.41, 5.74) is 7.55. The predicted octanol–water partition coefficient (Wildman–Crippen LogP) is 6.31. The number of allylic oxidation sites excluding steroid dienone is 3. The van der Waals surface area contributed by atoms with Gasteiger partial charge in [0.1, 0.15) is 11.5 Å². The average molecular weight is 556 g/mol. The van der Waals surface area contributed by atoms with E-state index in [1.807, 2.05) is 41.7 Å². The summed E-state index contributed by atoms with van der Waals surface area (Å²) in [6.45, 7) is 0.00670. The van der Waals surface area contributed by atoms with Crippen LogP contribution in [0.1, 0.15) is 11.5 Å². The van der Waals surface area contributed by atoms with Crippen LogP contribution >= 0.6 is 23.5 Å². The molecule has 40 heavy (non-hydrogen) atoms. The van der Waals surface area contributed by atoms with Crippen molar-refractivity contribution in [2.75, 3.05) is 14.2 Å². The number of aromatic nitrogens is 1. The van der Waals surface area contributed by atoms with Crippen LogP contribution in [0.3, 0.4) is 0 Å². The van der Waals surface area contributed by atoms with Crippen molar-refractivity contribution < 1.29 is 9.47 Å². The molecule has 194 valence electrons. The summed E-state index contributed by atoms with van der Waals surface area (Å²) in [5.74, 6) is 2.10. The second-order valence-electron chi connectivity index (χ2n) is 10.3. The zero-order chi connectivity index (χ0) is 26.8. The van der Waals surface area contributed by atoms with Gasteiger partial charge >= 0.3 is 0 Å². The van der Waals surface area contributed by atoms with Crippen LogP contribution in [0.4, 0.5) is 0 Å². The Kier molecular flexibility index (Phi) is 5.68. The van der Waals surface area contributed by atoms with Crippen LogP contribution in [0.15, 0.2) is 124 Å². The lowest BCUT2D eigenvalue weighted by Crippen LogP contribution is -2.55. The van der Waals surface area contributed by atoms with E-state index in [2.05, 4.69) is 95.6 Å². The third-order valence-electron chi connectivity index (χ3n) is 8.30. The van der Waals surface area contributed by atoms with Crippen molar-refractivity contribution >= 4 is 57.5 Å². The summed E-state index contributed by atoms with van der Waals surface area (Å²) < 4.78 is 14.3. The highest BCUT2D eigenvalue weighted by atomic mass is 32.2. The fraction of sp³-hybridized carbons (Fsp3) is 0.118. The summed E-state index contributed by atoms with van der Waals surface area (Å²) in [7, 11) is 3.48. The maximum atomic E-state index is 5.89. The van der Waals surface area contributed by atoms with Crippen molar-refractivity contribution in [1.82, 2.24) is 4.57 Å². The Morgan fingerprint density at radius 3 is 2.35 bits per heavy atom. The number of nitrogens with zero attached hydrogens (tertiary/aromatic N) is 1. The van der Waals surface area contributed by atoms with Gasteiger partial charge in [-0.3, -0.25) is 0 Å². The molecule has 0 bridgehead atoms. The van der Waals surface area contributed by atoms with Crippen LogP contribution in [-0.2, 0) is 0 Å². The highest BCUT2D eigenvalue weighted by Crippen LogP contribution is 2.53. The molecule has 0 fully saturated rings. The summed E-state index contributed by atoms with van der Waals surface area (Å²) >= 11 is 3.84. The molecule has 0 radical (unpaired) electrons. The van der Waals surface area contributed by atoms with E-state index in [1.165, 1.54) is 47.9 Å². The topological polar surface area (TPSA) is 23.4 Å². The van der Waals surface area contributed by atoms with Crippen molar-refractivity contribution in [3.8, 4) is 17.2 Å². The van der Waals surface area contributed by atoms with Gasteiger partial charge in [0.05, 0.1) is 24.8 Å². The number of para-hydroxylation sites is 1. The van der Waals surface area contributed by atoms with Gasteiger partial charge in [0.25, 0.3) is 6.71 Å². The number of hydrogen-bond donors (Lipinski definition) is 0. The quantitative estimate of drug-likeness (QED) is 0.238. The highest BCUT2D eigenvalue weighted by Gasteiger charge is 2.38. The van der Waals surface area contributed by atoms with Gasteiger partial charge < -0.3 is 14.0 Å². The minimum atomic E-state index is 0.00670. The molecule has 3 nitrogen and oxygen atoms in total. The van der Waals surface area contributed by atoms with Crippen LogP contribution in [0.5, 0.6) is 11.5 Å². The van der Waals surface area contributed by atoms with Gasteiger partial charge in [0.2, 0.25) is 0 Å². The van der Waals surface area contributed by atoms with Crippen LogP contribution in [0.25, 0.3) is 16.6 Å². The molecule has 0 saturated carbocycles. The van der Waals surface area contributed by atoms with E-state index in [0.29, 0.717) is 11.2 Å². The fourth-order valence-electron chi connectivity index (χ4n) is 6.59. The van der Waals surface area contributed by atoms with Crippen LogP contribution in [0, 0.1) is 0 Å². The van der Waals surface area contributed by atoms with E-state index < -0.39 is 0 Å². The van der Waals surface area contributed by atoms with E-state index in [-0.39, 0.29) is 6.71 Å². The fourth-order valence-corrected chi connectivity index (χ4v) is 9.24. The molecular weight excluding hydrogens is 529 g/mol. The molecule has 5 aromatic rings. The summed E-state index contributed by atoms with van der Waals surface area (Å²) in [6.07, 6.45) is 9.10. The standard InChI is InChI=1S/C34H26BNO2S2/c1-37-27-14-9-15-28(38-2)33(27)35-24-12-5-8-17-30(24)39-31-20-21(18-19-25(31)35)36-26-13-6-3-10-22(26)32-23-11-4-7-16-29(23)40-34(32)36/h3-20,23,29H,1-2H3. The Balaban J connectivity index is 1.34. The third-order valence-corrected chi connectivity index (χ3v) is 10.8. The Bertz CT molecular complexity index is 1850. The smallest absolute Gasteiger partial charge is 0.253 e. The molecule has 2 unspecified atom stereocenters. The number of ether oxygens (including phenoxy) is 2. The number of fused-ring (bicyclic) bond motifs is 7.